The molecule has 0 aliphatic rings. The fraction of sp³-hybridized carbons (Fsp3) is 0. The smallest absolute Gasteiger partial charge is 0.156 e. The molecule has 4 aromatic rings. The molecule has 2 heterocycles. The summed E-state index contributed by atoms with van der Waals surface area (Å²) in [5, 5.41) is 4.72. The van der Waals surface area contributed by atoms with Crippen LogP contribution in [0.25, 0.3) is 28.2 Å². The van der Waals surface area contributed by atoms with Crippen LogP contribution in [-0.4, -0.2) is 14.6 Å². The second-order valence-corrected chi connectivity index (χ2v) is 5.92. The van der Waals surface area contributed by atoms with E-state index in [2.05, 4.69) is 45.2 Å². The SMILES string of the molecule is Brc1ccc(-c2ccnc3cc(-c4ccccc4)nn23)cc1. The van der Waals surface area contributed by atoms with E-state index in [9.17, 15) is 0 Å². The van der Waals surface area contributed by atoms with Gasteiger partial charge in [-0.25, -0.2) is 9.50 Å². The van der Waals surface area contributed by atoms with Crippen LogP contribution in [0.1, 0.15) is 0 Å². The van der Waals surface area contributed by atoms with E-state index in [0.717, 1.165) is 32.6 Å². The molecule has 0 unspecified atom stereocenters. The van der Waals surface area contributed by atoms with Crippen molar-refractivity contribution in [3.8, 4) is 22.5 Å². The summed E-state index contributed by atoms with van der Waals surface area (Å²) in [4.78, 5) is 4.42. The van der Waals surface area contributed by atoms with Gasteiger partial charge in [-0.15, -0.1) is 0 Å². The summed E-state index contributed by atoms with van der Waals surface area (Å²) in [6, 6.07) is 22.4. The predicted molar refractivity (Wildman–Crippen MR) is 91.6 cm³/mol. The maximum atomic E-state index is 4.72. The van der Waals surface area contributed by atoms with Crippen molar-refractivity contribution in [2.75, 3.05) is 0 Å². The summed E-state index contributed by atoms with van der Waals surface area (Å²) < 4.78 is 2.96. The van der Waals surface area contributed by atoms with E-state index in [1.807, 2.05) is 53.2 Å². The normalized spacial score (nSPS) is 11.0. The Hall–Kier alpha value is -2.46. The first-order valence-electron chi connectivity index (χ1n) is 6.97. The highest BCUT2D eigenvalue weighted by atomic mass is 79.9. The lowest BCUT2D eigenvalue weighted by Crippen LogP contribution is -1.95. The lowest BCUT2D eigenvalue weighted by molar-refractivity contribution is 0.952. The first kappa shape index (κ1) is 13.2. The van der Waals surface area contributed by atoms with Gasteiger partial charge in [0.1, 0.15) is 0 Å². The monoisotopic (exact) mass is 349 g/mol. The Morgan fingerprint density at radius 2 is 1.59 bits per heavy atom. The molecule has 0 bridgehead atoms. The van der Waals surface area contributed by atoms with Gasteiger partial charge in [0.05, 0.1) is 11.4 Å². The van der Waals surface area contributed by atoms with Gasteiger partial charge in [0.15, 0.2) is 5.65 Å². The first-order valence-corrected chi connectivity index (χ1v) is 7.77. The molecular formula is C18H12BrN3. The third-order valence-electron chi connectivity index (χ3n) is 3.57. The minimum atomic E-state index is 0.847. The van der Waals surface area contributed by atoms with Gasteiger partial charge < -0.3 is 0 Å². The maximum Gasteiger partial charge on any atom is 0.156 e. The van der Waals surface area contributed by atoms with Crippen molar-refractivity contribution in [2.45, 2.75) is 0 Å². The molecule has 2 aromatic carbocycles. The summed E-state index contributed by atoms with van der Waals surface area (Å²) in [6.45, 7) is 0. The molecular weight excluding hydrogens is 338 g/mol. The van der Waals surface area contributed by atoms with Gasteiger partial charge in [0.25, 0.3) is 0 Å². The number of rotatable bonds is 2. The average molecular weight is 350 g/mol. The van der Waals surface area contributed by atoms with Gasteiger partial charge in [-0.05, 0) is 18.2 Å². The molecule has 2 aromatic heterocycles. The fourth-order valence-corrected chi connectivity index (χ4v) is 2.75. The predicted octanol–water partition coefficient (Wildman–Crippen LogP) is 4.83. The van der Waals surface area contributed by atoms with Crippen molar-refractivity contribution in [2.24, 2.45) is 0 Å². The molecule has 0 aliphatic carbocycles. The summed E-state index contributed by atoms with van der Waals surface area (Å²) in [6.07, 6.45) is 1.82. The van der Waals surface area contributed by atoms with Crippen LogP contribution in [0.4, 0.5) is 0 Å². The summed E-state index contributed by atoms with van der Waals surface area (Å²) in [5.41, 5.74) is 5.00. The highest BCUT2D eigenvalue weighted by Gasteiger charge is 2.09. The first-order chi connectivity index (χ1) is 10.8. The topological polar surface area (TPSA) is 30.2 Å². The Morgan fingerprint density at radius 1 is 0.818 bits per heavy atom. The van der Waals surface area contributed by atoms with Gasteiger partial charge in [-0.2, -0.15) is 5.10 Å². The van der Waals surface area contributed by atoms with Gasteiger partial charge in [-0.1, -0.05) is 58.4 Å². The van der Waals surface area contributed by atoms with E-state index < -0.39 is 0 Å². The van der Waals surface area contributed by atoms with Gasteiger partial charge in [-0.3, -0.25) is 0 Å². The molecule has 0 fully saturated rings. The van der Waals surface area contributed by atoms with Crippen LogP contribution in [-0.2, 0) is 0 Å². The highest BCUT2D eigenvalue weighted by Crippen LogP contribution is 2.25. The third kappa shape index (κ3) is 2.31. The molecule has 106 valence electrons. The zero-order chi connectivity index (χ0) is 14.9. The van der Waals surface area contributed by atoms with Crippen LogP contribution in [0.5, 0.6) is 0 Å². The van der Waals surface area contributed by atoms with Gasteiger partial charge >= 0.3 is 0 Å². The summed E-state index contributed by atoms with van der Waals surface area (Å²) in [5.74, 6) is 0. The summed E-state index contributed by atoms with van der Waals surface area (Å²) >= 11 is 3.47. The Kier molecular flexibility index (Phi) is 3.24. The van der Waals surface area contributed by atoms with E-state index in [0.29, 0.717) is 0 Å². The van der Waals surface area contributed by atoms with Crippen molar-refractivity contribution >= 4 is 21.6 Å². The molecule has 4 rings (SSSR count). The lowest BCUT2D eigenvalue weighted by atomic mass is 10.1. The van der Waals surface area contributed by atoms with E-state index in [1.54, 1.807) is 0 Å². The summed E-state index contributed by atoms with van der Waals surface area (Å²) in [7, 11) is 0. The molecule has 0 saturated carbocycles. The standard InChI is InChI=1S/C18H12BrN3/c19-15-8-6-14(7-9-15)17-10-11-20-18-12-16(21-22(17)18)13-4-2-1-3-5-13/h1-12H. The molecule has 3 nitrogen and oxygen atoms in total. The molecule has 0 atom stereocenters. The lowest BCUT2D eigenvalue weighted by Gasteiger charge is -2.04. The van der Waals surface area contributed by atoms with Crippen molar-refractivity contribution in [3.63, 3.8) is 0 Å². The van der Waals surface area contributed by atoms with Crippen LogP contribution in [0.15, 0.2) is 77.4 Å². The second-order valence-electron chi connectivity index (χ2n) is 5.00. The number of nitrogens with zero attached hydrogens (tertiary/aromatic N) is 3. The van der Waals surface area contributed by atoms with Crippen LogP contribution in [0, 0.1) is 0 Å². The molecule has 0 radical (unpaired) electrons. The minimum absolute atomic E-state index is 0.847. The van der Waals surface area contributed by atoms with Crippen LogP contribution >= 0.6 is 15.9 Å². The van der Waals surface area contributed by atoms with Crippen molar-refractivity contribution in [3.05, 3.63) is 77.4 Å². The van der Waals surface area contributed by atoms with E-state index in [1.165, 1.54) is 0 Å². The van der Waals surface area contributed by atoms with E-state index >= 15 is 0 Å². The van der Waals surface area contributed by atoms with E-state index in [-0.39, 0.29) is 0 Å². The third-order valence-corrected chi connectivity index (χ3v) is 4.10. The minimum Gasteiger partial charge on any atom is -0.237 e. The molecule has 0 aliphatic heterocycles. The molecule has 4 heteroatoms. The number of hydrogen-bond acceptors (Lipinski definition) is 2. The Balaban J connectivity index is 1.90. The molecule has 0 N–H and O–H groups in total. The number of fused-ring (bicyclic) bond motifs is 1. The quantitative estimate of drug-likeness (QED) is 0.519. The zero-order valence-electron chi connectivity index (χ0n) is 11.6. The van der Waals surface area contributed by atoms with Crippen molar-refractivity contribution < 1.29 is 0 Å². The Morgan fingerprint density at radius 3 is 2.36 bits per heavy atom. The van der Waals surface area contributed by atoms with Crippen molar-refractivity contribution in [1.29, 1.82) is 0 Å². The Bertz CT molecular complexity index is 928. The zero-order valence-corrected chi connectivity index (χ0v) is 13.2. The molecule has 22 heavy (non-hydrogen) atoms. The number of aromatic nitrogens is 3. The van der Waals surface area contributed by atoms with Crippen LogP contribution < -0.4 is 0 Å². The number of benzene rings is 2. The number of halogens is 1. The molecule has 0 spiro atoms. The van der Waals surface area contributed by atoms with Crippen LogP contribution in [0.3, 0.4) is 0 Å². The highest BCUT2D eigenvalue weighted by molar-refractivity contribution is 9.10. The van der Waals surface area contributed by atoms with E-state index in [4.69, 9.17) is 5.10 Å². The van der Waals surface area contributed by atoms with Crippen molar-refractivity contribution in [1.82, 2.24) is 14.6 Å². The number of hydrogen-bond donors (Lipinski definition) is 0. The Labute approximate surface area is 136 Å². The maximum absolute atomic E-state index is 4.72. The van der Waals surface area contributed by atoms with Crippen LogP contribution in [0.2, 0.25) is 0 Å². The second kappa shape index (κ2) is 5.39. The molecule has 0 amide bonds. The largest absolute Gasteiger partial charge is 0.237 e. The fourth-order valence-electron chi connectivity index (χ4n) is 2.48. The molecule has 0 saturated heterocycles. The van der Waals surface area contributed by atoms with Gasteiger partial charge in [0, 0.05) is 27.9 Å². The average Bonchev–Trinajstić information content (AvgIpc) is 3.01. The van der Waals surface area contributed by atoms with Gasteiger partial charge in [0.2, 0.25) is 0 Å².